The van der Waals surface area contributed by atoms with Crippen molar-refractivity contribution in [2.24, 2.45) is 5.41 Å². The van der Waals surface area contributed by atoms with E-state index in [1.165, 1.54) is 19.3 Å². The molecule has 0 aromatic heterocycles. The number of nitrogens with zero attached hydrogens (tertiary/aromatic N) is 1. The van der Waals surface area contributed by atoms with E-state index in [9.17, 15) is 0 Å². The summed E-state index contributed by atoms with van der Waals surface area (Å²) in [5.74, 6) is 0. The van der Waals surface area contributed by atoms with Crippen LogP contribution in [0.5, 0.6) is 0 Å². The quantitative estimate of drug-likeness (QED) is 0.623. The van der Waals surface area contributed by atoms with E-state index in [1.54, 1.807) is 0 Å². The third kappa shape index (κ3) is 7.39. The van der Waals surface area contributed by atoms with Gasteiger partial charge < -0.3 is 5.32 Å². The SMILES string of the molecule is CCCC(CC)NCCCC(C)(C)C#N. The summed E-state index contributed by atoms with van der Waals surface area (Å²) in [6.45, 7) is 9.52. The predicted molar refractivity (Wildman–Crippen MR) is 65.6 cm³/mol. The topological polar surface area (TPSA) is 35.8 Å². The third-order valence-corrected chi connectivity index (χ3v) is 2.84. The van der Waals surface area contributed by atoms with E-state index in [0.29, 0.717) is 6.04 Å². The molecule has 0 bridgehead atoms. The molecule has 0 spiro atoms. The fraction of sp³-hybridized carbons (Fsp3) is 0.923. The van der Waals surface area contributed by atoms with Crippen molar-refractivity contribution in [3.05, 3.63) is 0 Å². The molecular weight excluding hydrogens is 184 g/mol. The molecule has 0 aromatic carbocycles. The first-order valence-corrected chi connectivity index (χ1v) is 6.20. The van der Waals surface area contributed by atoms with Crippen molar-refractivity contribution in [3.63, 3.8) is 0 Å². The van der Waals surface area contributed by atoms with E-state index in [1.807, 2.05) is 13.8 Å². The van der Waals surface area contributed by atoms with E-state index in [0.717, 1.165) is 19.4 Å². The van der Waals surface area contributed by atoms with Crippen molar-refractivity contribution in [2.45, 2.75) is 65.8 Å². The molecule has 0 saturated carbocycles. The fourth-order valence-electron chi connectivity index (χ4n) is 1.69. The molecule has 2 nitrogen and oxygen atoms in total. The molecule has 0 amide bonds. The molecule has 0 aliphatic heterocycles. The average Bonchev–Trinajstić information content (AvgIpc) is 2.22. The highest BCUT2D eigenvalue weighted by Gasteiger charge is 2.15. The van der Waals surface area contributed by atoms with Crippen molar-refractivity contribution in [3.8, 4) is 6.07 Å². The van der Waals surface area contributed by atoms with Gasteiger partial charge in [0.15, 0.2) is 0 Å². The summed E-state index contributed by atoms with van der Waals surface area (Å²) in [4.78, 5) is 0. The summed E-state index contributed by atoms with van der Waals surface area (Å²) < 4.78 is 0. The molecule has 2 heteroatoms. The molecule has 0 aliphatic carbocycles. The predicted octanol–water partition coefficient (Wildman–Crippen LogP) is 3.48. The first-order valence-electron chi connectivity index (χ1n) is 6.20. The lowest BCUT2D eigenvalue weighted by Crippen LogP contribution is -2.29. The van der Waals surface area contributed by atoms with Gasteiger partial charge in [0, 0.05) is 6.04 Å². The largest absolute Gasteiger partial charge is 0.314 e. The molecule has 0 saturated heterocycles. The lowest BCUT2D eigenvalue weighted by atomic mass is 9.90. The minimum atomic E-state index is -0.159. The van der Waals surface area contributed by atoms with Gasteiger partial charge in [-0.05, 0) is 46.1 Å². The van der Waals surface area contributed by atoms with Gasteiger partial charge in [-0.3, -0.25) is 0 Å². The van der Waals surface area contributed by atoms with Crippen molar-refractivity contribution < 1.29 is 0 Å². The molecule has 0 radical (unpaired) electrons. The zero-order chi connectivity index (χ0) is 11.7. The third-order valence-electron chi connectivity index (χ3n) is 2.84. The van der Waals surface area contributed by atoms with Crippen LogP contribution in [0.3, 0.4) is 0 Å². The van der Waals surface area contributed by atoms with Gasteiger partial charge in [0.25, 0.3) is 0 Å². The summed E-state index contributed by atoms with van der Waals surface area (Å²) in [6, 6.07) is 3.01. The number of rotatable bonds is 8. The van der Waals surface area contributed by atoms with Gasteiger partial charge in [0.05, 0.1) is 11.5 Å². The molecule has 1 N–H and O–H groups in total. The van der Waals surface area contributed by atoms with Crippen LogP contribution in [0, 0.1) is 16.7 Å². The van der Waals surface area contributed by atoms with Crippen LogP contribution in [0.1, 0.15) is 59.8 Å². The second kappa shape index (κ2) is 7.70. The number of hydrogen-bond donors (Lipinski definition) is 1. The van der Waals surface area contributed by atoms with Gasteiger partial charge in [-0.1, -0.05) is 20.3 Å². The van der Waals surface area contributed by atoms with E-state index in [-0.39, 0.29) is 5.41 Å². The molecule has 1 unspecified atom stereocenters. The van der Waals surface area contributed by atoms with Crippen LogP contribution in [-0.4, -0.2) is 12.6 Å². The Morgan fingerprint density at radius 3 is 2.47 bits per heavy atom. The van der Waals surface area contributed by atoms with Crippen LogP contribution in [0.15, 0.2) is 0 Å². The molecule has 88 valence electrons. The molecule has 0 fully saturated rings. The minimum absolute atomic E-state index is 0.159. The number of nitrogens with one attached hydrogen (secondary N) is 1. The van der Waals surface area contributed by atoms with Crippen LogP contribution in [0.25, 0.3) is 0 Å². The van der Waals surface area contributed by atoms with Gasteiger partial charge >= 0.3 is 0 Å². The molecule has 15 heavy (non-hydrogen) atoms. The van der Waals surface area contributed by atoms with Crippen molar-refractivity contribution >= 4 is 0 Å². The summed E-state index contributed by atoms with van der Waals surface area (Å²) in [5, 5.41) is 12.4. The highest BCUT2D eigenvalue weighted by atomic mass is 14.9. The maximum Gasteiger partial charge on any atom is 0.0683 e. The van der Waals surface area contributed by atoms with Crippen LogP contribution >= 0.6 is 0 Å². The maximum absolute atomic E-state index is 8.86. The van der Waals surface area contributed by atoms with Crippen LogP contribution in [-0.2, 0) is 0 Å². The van der Waals surface area contributed by atoms with E-state index in [2.05, 4.69) is 25.2 Å². The van der Waals surface area contributed by atoms with Crippen molar-refractivity contribution in [1.82, 2.24) is 5.32 Å². The standard InChI is InChI=1S/C13H26N2/c1-5-8-12(6-2)15-10-7-9-13(3,4)11-14/h12,15H,5-10H2,1-4H3. The first kappa shape index (κ1) is 14.5. The van der Waals surface area contributed by atoms with Crippen LogP contribution < -0.4 is 5.32 Å². The van der Waals surface area contributed by atoms with Crippen molar-refractivity contribution in [1.29, 1.82) is 5.26 Å². The second-order valence-electron chi connectivity index (χ2n) is 4.95. The molecule has 0 heterocycles. The average molecular weight is 210 g/mol. The second-order valence-corrected chi connectivity index (χ2v) is 4.95. The Hall–Kier alpha value is -0.550. The zero-order valence-corrected chi connectivity index (χ0v) is 10.8. The normalized spacial score (nSPS) is 13.5. The Labute approximate surface area is 95.1 Å². The Bertz CT molecular complexity index is 191. The van der Waals surface area contributed by atoms with E-state index < -0.39 is 0 Å². The number of nitriles is 1. The minimum Gasteiger partial charge on any atom is -0.314 e. The zero-order valence-electron chi connectivity index (χ0n) is 10.8. The molecule has 1 atom stereocenters. The smallest absolute Gasteiger partial charge is 0.0683 e. The molecular formula is C13H26N2. The van der Waals surface area contributed by atoms with Crippen LogP contribution in [0.2, 0.25) is 0 Å². The summed E-state index contributed by atoms with van der Waals surface area (Å²) in [7, 11) is 0. The number of hydrogen-bond acceptors (Lipinski definition) is 2. The first-order chi connectivity index (χ1) is 7.05. The highest BCUT2D eigenvalue weighted by Crippen LogP contribution is 2.20. The Balaban J connectivity index is 3.57. The monoisotopic (exact) mass is 210 g/mol. The van der Waals surface area contributed by atoms with E-state index >= 15 is 0 Å². The van der Waals surface area contributed by atoms with Gasteiger partial charge in [-0.15, -0.1) is 0 Å². The maximum atomic E-state index is 8.86. The van der Waals surface area contributed by atoms with Crippen molar-refractivity contribution in [2.75, 3.05) is 6.54 Å². The fourth-order valence-corrected chi connectivity index (χ4v) is 1.69. The van der Waals surface area contributed by atoms with Crippen LogP contribution in [0.4, 0.5) is 0 Å². The Morgan fingerprint density at radius 2 is 2.00 bits per heavy atom. The summed E-state index contributed by atoms with van der Waals surface area (Å²) in [6.07, 6.45) is 5.79. The Morgan fingerprint density at radius 1 is 1.33 bits per heavy atom. The van der Waals surface area contributed by atoms with Gasteiger partial charge in [-0.2, -0.15) is 5.26 Å². The summed E-state index contributed by atoms with van der Waals surface area (Å²) in [5.41, 5.74) is -0.159. The van der Waals surface area contributed by atoms with Gasteiger partial charge in [0.1, 0.15) is 0 Å². The summed E-state index contributed by atoms with van der Waals surface area (Å²) >= 11 is 0. The van der Waals surface area contributed by atoms with E-state index in [4.69, 9.17) is 5.26 Å². The molecule has 0 aliphatic rings. The highest BCUT2D eigenvalue weighted by molar-refractivity contribution is 4.91. The van der Waals surface area contributed by atoms with Gasteiger partial charge in [0.2, 0.25) is 0 Å². The molecule has 0 aromatic rings. The lowest BCUT2D eigenvalue weighted by molar-refractivity contribution is 0.399. The lowest BCUT2D eigenvalue weighted by Gasteiger charge is -2.18. The molecule has 0 rings (SSSR count). The Kier molecular flexibility index (Phi) is 7.42. The van der Waals surface area contributed by atoms with Gasteiger partial charge in [-0.25, -0.2) is 0 Å².